The summed E-state index contributed by atoms with van der Waals surface area (Å²) in [5, 5.41) is 0. The average Bonchev–Trinajstić information content (AvgIpc) is 1.37. The van der Waals surface area contributed by atoms with E-state index < -0.39 is 0 Å². The van der Waals surface area contributed by atoms with Crippen molar-refractivity contribution < 1.29 is 31.2 Å². The van der Waals surface area contributed by atoms with E-state index in [1.807, 2.05) is 0 Å². The molecular formula is CH2HgNO. The van der Waals surface area contributed by atoms with E-state index >= 15 is 0 Å². The molecule has 0 fully saturated rings. The van der Waals surface area contributed by atoms with Crippen LogP contribution in [0.3, 0.4) is 0 Å². The van der Waals surface area contributed by atoms with Crippen LogP contribution in [-0.2, 0) is 31.2 Å². The van der Waals surface area contributed by atoms with Crippen molar-refractivity contribution in [2.24, 2.45) is 0 Å². The summed E-state index contributed by atoms with van der Waals surface area (Å²) in [5.74, 6) is 0. The Morgan fingerprint density at radius 3 is 2.25 bits per heavy atom. The van der Waals surface area contributed by atoms with E-state index in [0.29, 0.717) is 32.8 Å². The van der Waals surface area contributed by atoms with Crippen molar-refractivity contribution in [2.45, 2.75) is 0 Å². The second-order valence-corrected chi connectivity index (χ2v) is 1.91. The molecule has 0 radical (unpaired) electrons. The van der Waals surface area contributed by atoms with E-state index in [1.54, 1.807) is 0 Å². The zero-order valence-corrected chi connectivity index (χ0v) is 7.69. The Bertz CT molecular complexity index is 22.0. The zero-order valence-electron chi connectivity index (χ0n) is 2.19. The van der Waals surface area contributed by atoms with Gasteiger partial charge < -0.3 is 0 Å². The number of rotatable bonds is 1. The maximum atomic E-state index is 9.11. The topological polar surface area (TPSA) is 29.1 Å². The minimum absolute atomic E-state index is 0.455. The van der Waals surface area contributed by atoms with Gasteiger partial charge >= 0.3 is 40.7 Å². The average molecular weight is 245 g/mol. The molecule has 0 aliphatic carbocycles. The molecule has 0 rings (SSSR count). The minimum atomic E-state index is 0.455. The fourth-order valence-electron chi connectivity index (χ4n) is 0. The van der Waals surface area contributed by atoms with Crippen molar-refractivity contribution in [3.05, 3.63) is 0 Å². The normalized spacial score (nSPS) is 5.50. The van der Waals surface area contributed by atoms with E-state index in [9.17, 15) is 0 Å². The second kappa shape index (κ2) is 3.41. The third kappa shape index (κ3) is 2.41. The maximum absolute atomic E-state index is 9.11. The summed E-state index contributed by atoms with van der Waals surface area (Å²) >= 11 is 0.455. The Morgan fingerprint density at radius 2 is 2.25 bits per heavy atom. The molecule has 0 aliphatic heterocycles. The molecule has 4 heavy (non-hydrogen) atoms. The summed E-state index contributed by atoms with van der Waals surface area (Å²) in [6, 6.07) is 0. The molecule has 0 aromatic carbocycles. The summed E-state index contributed by atoms with van der Waals surface area (Å²) < 4.78 is 2.44. The number of carbonyl (C=O) groups excluding carboxylic acids is 1. The SMILES string of the molecule is O=C[NH][Hg]. The molecule has 0 saturated heterocycles. The van der Waals surface area contributed by atoms with Gasteiger partial charge in [0.15, 0.2) is 0 Å². The molecule has 0 spiro atoms. The quantitative estimate of drug-likeness (QED) is 0.475. The van der Waals surface area contributed by atoms with Crippen LogP contribution in [0.1, 0.15) is 0 Å². The fraction of sp³-hybridized carbons (Fsp3) is 0. The molecule has 19 valence electrons. The molecule has 0 heterocycles. The number of nitrogens with one attached hydrogen (secondary N) is 1. The first-order valence-corrected chi connectivity index (χ1v) is 3.63. The summed E-state index contributed by atoms with van der Waals surface area (Å²) in [6.07, 6.45) is 0.711. The van der Waals surface area contributed by atoms with Gasteiger partial charge in [-0.1, -0.05) is 0 Å². The van der Waals surface area contributed by atoms with Crippen molar-refractivity contribution in [1.29, 1.82) is 0 Å². The van der Waals surface area contributed by atoms with Gasteiger partial charge in [0.05, 0.1) is 0 Å². The van der Waals surface area contributed by atoms with Crippen LogP contribution in [-0.4, -0.2) is 6.41 Å². The standard InChI is InChI=1S/CH3NO.Hg/c2-1-3;/h1H,(H2,2,3);/q;+1/p-1. The van der Waals surface area contributed by atoms with Gasteiger partial charge in [0.25, 0.3) is 0 Å². The predicted molar refractivity (Wildman–Crippen MR) is 9.20 cm³/mol. The van der Waals surface area contributed by atoms with Crippen molar-refractivity contribution in [3.8, 4) is 0 Å². The van der Waals surface area contributed by atoms with E-state index in [1.165, 1.54) is 0 Å². The number of hydrogen-bond acceptors (Lipinski definition) is 1. The van der Waals surface area contributed by atoms with Crippen molar-refractivity contribution in [2.75, 3.05) is 0 Å². The molecule has 3 heteroatoms. The first-order chi connectivity index (χ1) is 1.91. The van der Waals surface area contributed by atoms with Crippen LogP contribution in [0.5, 0.6) is 0 Å². The molecule has 0 atom stereocenters. The zero-order chi connectivity index (χ0) is 3.41. The van der Waals surface area contributed by atoms with Gasteiger partial charge in [0.1, 0.15) is 0 Å². The Morgan fingerprint density at radius 1 is 2.00 bits per heavy atom. The molecular weight excluding hydrogens is 243 g/mol. The van der Waals surface area contributed by atoms with Crippen molar-refractivity contribution >= 4 is 6.41 Å². The van der Waals surface area contributed by atoms with Crippen LogP contribution in [0.2, 0.25) is 0 Å². The third-order valence-electron chi connectivity index (χ3n) is 0.0833. The van der Waals surface area contributed by atoms with Gasteiger partial charge in [-0.15, -0.1) is 0 Å². The molecule has 0 unspecified atom stereocenters. The predicted octanol–water partition coefficient (Wildman–Crippen LogP) is -0.806. The number of amides is 1. The molecule has 0 aliphatic rings. The molecule has 1 amide bonds. The molecule has 0 aromatic heterocycles. The Balaban J connectivity index is 2.30. The molecule has 2 nitrogen and oxygen atoms in total. The first kappa shape index (κ1) is 4.41. The van der Waals surface area contributed by atoms with Gasteiger partial charge in [-0.25, -0.2) is 0 Å². The third-order valence-corrected chi connectivity index (χ3v) is 0.731. The van der Waals surface area contributed by atoms with Crippen molar-refractivity contribution in [3.63, 3.8) is 0 Å². The fourth-order valence-corrected chi connectivity index (χ4v) is 0. The summed E-state index contributed by atoms with van der Waals surface area (Å²) in [4.78, 5) is 9.11. The van der Waals surface area contributed by atoms with E-state index in [2.05, 4.69) is 3.08 Å². The van der Waals surface area contributed by atoms with Gasteiger partial charge in [-0.05, 0) is 0 Å². The summed E-state index contributed by atoms with van der Waals surface area (Å²) in [6.45, 7) is 0. The van der Waals surface area contributed by atoms with Crippen LogP contribution >= 0.6 is 0 Å². The number of hydrogen-bond donors (Lipinski definition) is 1. The molecule has 0 bridgehead atoms. The van der Waals surface area contributed by atoms with Crippen LogP contribution in [0.4, 0.5) is 0 Å². The van der Waals surface area contributed by atoms with Crippen molar-refractivity contribution in [1.82, 2.24) is 3.08 Å². The van der Waals surface area contributed by atoms with Gasteiger partial charge in [0, 0.05) is 0 Å². The second-order valence-electron chi connectivity index (χ2n) is 0.322. The van der Waals surface area contributed by atoms with Crippen LogP contribution < -0.4 is 3.08 Å². The van der Waals surface area contributed by atoms with Gasteiger partial charge in [-0.2, -0.15) is 0 Å². The summed E-state index contributed by atoms with van der Waals surface area (Å²) in [5.41, 5.74) is 0. The monoisotopic (exact) mass is 246 g/mol. The van der Waals surface area contributed by atoms with E-state index in [4.69, 9.17) is 4.79 Å². The number of carbonyl (C=O) groups is 1. The molecule has 0 saturated carbocycles. The van der Waals surface area contributed by atoms with E-state index in [-0.39, 0.29) is 0 Å². The molecule has 0 aromatic rings. The summed E-state index contributed by atoms with van der Waals surface area (Å²) in [7, 11) is 0. The van der Waals surface area contributed by atoms with Crippen LogP contribution in [0, 0.1) is 0 Å². The van der Waals surface area contributed by atoms with Gasteiger partial charge in [0.2, 0.25) is 0 Å². The Kier molecular flexibility index (Phi) is 3.75. The van der Waals surface area contributed by atoms with E-state index in [0.717, 1.165) is 0 Å². The Labute approximate surface area is 41.0 Å². The Hall–Kier alpha value is 0.405. The van der Waals surface area contributed by atoms with Crippen LogP contribution in [0.25, 0.3) is 0 Å². The molecule has 1 N–H and O–H groups in total. The van der Waals surface area contributed by atoms with Crippen LogP contribution in [0.15, 0.2) is 0 Å². The first-order valence-electron chi connectivity index (χ1n) is 0.878. The van der Waals surface area contributed by atoms with Gasteiger partial charge in [-0.3, -0.25) is 0 Å².